The fraction of sp³-hybridized carbons (Fsp3) is 0. The summed E-state index contributed by atoms with van der Waals surface area (Å²) in [5.41, 5.74) is 0. The average Bonchev–Trinajstić information content (AvgIpc) is 2.40. The third-order valence-electron chi connectivity index (χ3n) is 2.52. The first-order chi connectivity index (χ1) is 8.83. The number of hydrogen-bond donors (Lipinski definition) is 1. The first-order valence-corrected chi connectivity index (χ1v) is 6.20. The van der Waals surface area contributed by atoms with E-state index < -0.39 is 0 Å². The summed E-state index contributed by atoms with van der Waals surface area (Å²) in [7, 11) is 0. The van der Waals surface area contributed by atoms with Gasteiger partial charge in [-0.25, -0.2) is 9.97 Å². The number of anilines is 2. The quantitative estimate of drug-likeness (QED) is 0.736. The summed E-state index contributed by atoms with van der Waals surface area (Å²) in [6.07, 6.45) is 4.94. The summed E-state index contributed by atoms with van der Waals surface area (Å²) < 4.78 is 0.785. The SMILES string of the molecule is Brc1cc2ccccc2c(Nc2cnccn2)n1. The Morgan fingerprint density at radius 3 is 2.83 bits per heavy atom. The van der Waals surface area contributed by atoms with Crippen molar-refractivity contribution in [2.45, 2.75) is 0 Å². The highest BCUT2D eigenvalue weighted by Crippen LogP contribution is 2.26. The molecule has 1 aromatic carbocycles. The minimum atomic E-state index is 0.674. The molecule has 88 valence electrons. The van der Waals surface area contributed by atoms with Crippen LogP contribution >= 0.6 is 15.9 Å². The van der Waals surface area contributed by atoms with Crippen LogP contribution in [0.15, 0.2) is 53.5 Å². The highest BCUT2D eigenvalue weighted by molar-refractivity contribution is 9.10. The fourth-order valence-corrected chi connectivity index (χ4v) is 2.17. The zero-order valence-corrected chi connectivity index (χ0v) is 10.9. The summed E-state index contributed by atoms with van der Waals surface area (Å²) in [6, 6.07) is 10.0. The largest absolute Gasteiger partial charge is 0.323 e. The predicted molar refractivity (Wildman–Crippen MR) is 74.8 cm³/mol. The Morgan fingerprint density at radius 1 is 1.11 bits per heavy atom. The van der Waals surface area contributed by atoms with Crippen molar-refractivity contribution in [3.63, 3.8) is 0 Å². The summed E-state index contributed by atoms with van der Waals surface area (Å²) in [5, 5.41) is 5.34. The van der Waals surface area contributed by atoms with Crippen LogP contribution in [0.5, 0.6) is 0 Å². The molecule has 2 aromatic heterocycles. The van der Waals surface area contributed by atoms with Crippen molar-refractivity contribution in [1.82, 2.24) is 15.0 Å². The zero-order chi connectivity index (χ0) is 12.4. The Bertz CT molecular complexity index is 685. The second-order valence-corrected chi connectivity index (χ2v) is 4.54. The van der Waals surface area contributed by atoms with E-state index in [1.165, 1.54) is 0 Å². The van der Waals surface area contributed by atoms with Gasteiger partial charge in [-0.05, 0) is 27.4 Å². The summed E-state index contributed by atoms with van der Waals surface area (Å²) in [5.74, 6) is 1.44. The fourth-order valence-electron chi connectivity index (χ4n) is 1.75. The van der Waals surface area contributed by atoms with Gasteiger partial charge in [-0.3, -0.25) is 4.98 Å². The maximum atomic E-state index is 4.43. The third-order valence-corrected chi connectivity index (χ3v) is 2.93. The number of benzene rings is 1. The van der Waals surface area contributed by atoms with Gasteiger partial charge < -0.3 is 5.32 Å². The van der Waals surface area contributed by atoms with Gasteiger partial charge in [0, 0.05) is 17.8 Å². The molecule has 0 saturated heterocycles. The predicted octanol–water partition coefficient (Wildman–Crippen LogP) is 3.53. The van der Waals surface area contributed by atoms with E-state index in [2.05, 4.69) is 36.2 Å². The molecule has 0 aliphatic rings. The molecule has 0 bridgehead atoms. The molecule has 1 N–H and O–H groups in total. The summed E-state index contributed by atoms with van der Waals surface area (Å²) in [4.78, 5) is 12.6. The van der Waals surface area contributed by atoms with Crippen LogP contribution in [-0.4, -0.2) is 15.0 Å². The van der Waals surface area contributed by atoms with E-state index in [9.17, 15) is 0 Å². The Balaban J connectivity index is 2.11. The molecular formula is C13H9BrN4. The van der Waals surface area contributed by atoms with Crippen molar-refractivity contribution < 1.29 is 0 Å². The smallest absolute Gasteiger partial charge is 0.150 e. The number of fused-ring (bicyclic) bond motifs is 1. The maximum Gasteiger partial charge on any atom is 0.150 e. The molecule has 0 spiro atoms. The van der Waals surface area contributed by atoms with E-state index in [1.54, 1.807) is 18.6 Å². The van der Waals surface area contributed by atoms with E-state index in [4.69, 9.17) is 0 Å². The van der Waals surface area contributed by atoms with E-state index >= 15 is 0 Å². The topological polar surface area (TPSA) is 50.7 Å². The second-order valence-electron chi connectivity index (χ2n) is 3.73. The molecule has 0 saturated carbocycles. The molecule has 0 radical (unpaired) electrons. The first-order valence-electron chi connectivity index (χ1n) is 5.41. The van der Waals surface area contributed by atoms with Crippen LogP contribution in [0, 0.1) is 0 Å². The van der Waals surface area contributed by atoms with Crippen molar-refractivity contribution in [3.8, 4) is 0 Å². The number of nitrogens with one attached hydrogen (secondary N) is 1. The normalized spacial score (nSPS) is 10.5. The molecular weight excluding hydrogens is 292 g/mol. The molecule has 0 atom stereocenters. The Morgan fingerprint density at radius 2 is 2.00 bits per heavy atom. The molecule has 0 amide bonds. The summed E-state index contributed by atoms with van der Waals surface area (Å²) in [6.45, 7) is 0. The maximum absolute atomic E-state index is 4.43. The molecule has 0 aliphatic heterocycles. The van der Waals surface area contributed by atoms with Crippen LogP contribution in [0.25, 0.3) is 10.8 Å². The zero-order valence-electron chi connectivity index (χ0n) is 9.34. The van der Waals surface area contributed by atoms with Gasteiger partial charge in [-0.2, -0.15) is 0 Å². The first kappa shape index (κ1) is 11.1. The van der Waals surface area contributed by atoms with Gasteiger partial charge in [0.25, 0.3) is 0 Å². The molecule has 0 aliphatic carbocycles. The second kappa shape index (κ2) is 4.70. The molecule has 2 heterocycles. The number of aromatic nitrogens is 3. The molecule has 18 heavy (non-hydrogen) atoms. The van der Waals surface area contributed by atoms with Gasteiger partial charge in [0.05, 0.1) is 6.20 Å². The average molecular weight is 301 g/mol. The molecule has 0 unspecified atom stereocenters. The highest BCUT2D eigenvalue weighted by atomic mass is 79.9. The van der Waals surface area contributed by atoms with Crippen molar-refractivity contribution in [3.05, 3.63) is 53.5 Å². The third kappa shape index (κ3) is 2.17. The van der Waals surface area contributed by atoms with Gasteiger partial charge in [0.2, 0.25) is 0 Å². The number of rotatable bonds is 2. The molecule has 3 aromatic rings. The number of nitrogens with zero attached hydrogens (tertiary/aromatic N) is 3. The van der Waals surface area contributed by atoms with Crippen LogP contribution < -0.4 is 5.32 Å². The minimum Gasteiger partial charge on any atom is -0.323 e. The lowest BCUT2D eigenvalue weighted by molar-refractivity contribution is 1.18. The molecule has 5 heteroatoms. The van der Waals surface area contributed by atoms with Crippen LogP contribution in [0.4, 0.5) is 11.6 Å². The van der Waals surface area contributed by atoms with E-state index in [0.29, 0.717) is 5.82 Å². The van der Waals surface area contributed by atoms with Gasteiger partial charge >= 0.3 is 0 Å². The van der Waals surface area contributed by atoms with Gasteiger partial charge in [0.15, 0.2) is 0 Å². The molecule has 4 nitrogen and oxygen atoms in total. The van der Waals surface area contributed by atoms with E-state index in [0.717, 1.165) is 21.2 Å². The lowest BCUT2D eigenvalue weighted by atomic mass is 10.1. The Hall–Kier alpha value is -2.01. The van der Waals surface area contributed by atoms with Crippen LogP contribution in [0.2, 0.25) is 0 Å². The monoisotopic (exact) mass is 300 g/mol. The lowest BCUT2D eigenvalue weighted by Gasteiger charge is -2.08. The van der Waals surface area contributed by atoms with Crippen molar-refractivity contribution in [1.29, 1.82) is 0 Å². The molecule has 3 rings (SSSR count). The number of halogens is 1. The van der Waals surface area contributed by atoms with Crippen molar-refractivity contribution >= 4 is 38.3 Å². The molecule has 0 fully saturated rings. The van der Waals surface area contributed by atoms with E-state index in [-0.39, 0.29) is 0 Å². The number of pyridine rings is 1. The van der Waals surface area contributed by atoms with Gasteiger partial charge in [-0.15, -0.1) is 0 Å². The lowest BCUT2D eigenvalue weighted by Crippen LogP contribution is -1.97. The van der Waals surface area contributed by atoms with Gasteiger partial charge in [0.1, 0.15) is 16.2 Å². The highest BCUT2D eigenvalue weighted by Gasteiger charge is 2.05. The minimum absolute atomic E-state index is 0.674. The van der Waals surface area contributed by atoms with E-state index in [1.807, 2.05) is 30.3 Å². The standard InChI is InChI=1S/C13H9BrN4/c14-11-7-9-3-1-2-4-10(9)13(17-11)18-12-8-15-5-6-16-12/h1-8H,(H,16,17,18). The van der Waals surface area contributed by atoms with Crippen LogP contribution in [-0.2, 0) is 0 Å². The summed E-state index contributed by atoms with van der Waals surface area (Å²) >= 11 is 3.41. The Labute approximate surface area is 112 Å². The number of hydrogen-bond acceptors (Lipinski definition) is 4. The van der Waals surface area contributed by atoms with Gasteiger partial charge in [-0.1, -0.05) is 24.3 Å². The van der Waals surface area contributed by atoms with Crippen LogP contribution in [0.1, 0.15) is 0 Å². The van der Waals surface area contributed by atoms with Crippen LogP contribution in [0.3, 0.4) is 0 Å². The van der Waals surface area contributed by atoms with Crippen molar-refractivity contribution in [2.24, 2.45) is 0 Å². The van der Waals surface area contributed by atoms with Crippen molar-refractivity contribution in [2.75, 3.05) is 5.32 Å². The Kier molecular flexibility index (Phi) is 2.90.